The average molecular weight is 356 g/mol. The number of fused-ring (bicyclic) bond motifs is 1. The molecule has 0 bridgehead atoms. The summed E-state index contributed by atoms with van der Waals surface area (Å²) in [5.74, 6) is -0.154. The van der Waals surface area contributed by atoms with Crippen molar-refractivity contribution in [1.82, 2.24) is 10.2 Å². The molecule has 3 rings (SSSR count). The van der Waals surface area contributed by atoms with Gasteiger partial charge in [-0.15, -0.1) is 11.3 Å². The fraction of sp³-hybridized carbons (Fsp3) is 0.400. The summed E-state index contributed by atoms with van der Waals surface area (Å²) in [4.78, 5) is 28.7. The van der Waals surface area contributed by atoms with Gasteiger partial charge in [-0.25, -0.2) is 0 Å². The Kier molecular flexibility index (Phi) is 5.53. The van der Waals surface area contributed by atoms with Crippen LogP contribution in [0, 0.1) is 6.92 Å². The summed E-state index contributed by atoms with van der Waals surface area (Å²) < 4.78 is 0. The second kappa shape index (κ2) is 7.83. The van der Waals surface area contributed by atoms with E-state index in [1.54, 1.807) is 23.5 Å². The molecule has 5 heteroatoms. The first-order valence-electron chi connectivity index (χ1n) is 8.80. The molecule has 0 spiro atoms. The van der Waals surface area contributed by atoms with E-state index in [0.29, 0.717) is 18.5 Å². The highest BCUT2D eigenvalue weighted by Crippen LogP contribution is 2.24. The van der Waals surface area contributed by atoms with Crippen LogP contribution < -0.4 is 5.32 Å². The van der Waals surface area contributed by atoms with Crippen LogP contribution in [0.1, 0.15) is 46.1 Å². The molecule has 25 heavy (non-hydrogen) atoms. The lowest BCUT2D eigenvalue weighted by Gasteiger charge is -2.31. The first-order valence-corrected chi connectivity index (χ1v) is 9.68. The highest BCUT2D eigenvalue weighted by molar-refractivity contribution is 7.10. The van der Waals surface area contributed by atoms with E-state index in [1.165, 1.54) is 10.4 Å². The molecule has 1 N–H and O–H groups in total. The van der Waals surface area contributed by atoms with Crippen molar-refractivity contribution in [3.8, 4) is 0 Å². The van der Waals surface area contributed by atoms with Crippen LogP contribution in [0.4, 0.5) is 0 Å². The molecule has 2 aromatic rings. The number of aryl methyl sites for hydroxylation is 1. The molecule has 132 valence electrons. The molecular weight excluding hydrogens is 332 g/mol. The van der Waals surface area contributed by atoms with Crippen molar-refractivity contribution in [2.75, 3.05) is 6.54 Å². The number of amides is 2. The predicted octanol–water partition coefficient (Wildman–Crippen LogP) is 3.54. The lowest BCUT2D eigenvalue weighted by Crippen LogP contribution is -2.49. The summed E-state index contributed by atoms with van der Waals surface area (Å²) >= 11 is 1.76. The van der Waals surface area contributed by atoms with Gasteiger partial charge in [0.15, 0.2) is 0 Å². The number of thiophene rings is 1. The summed E-state index contributed by atoms with van der Waals surface area (Å²) in [5, 5.41) is 5.03. The van der Waals surface area contributed by atoms with E-state index in [1.807, 2.05) is 30.9 Å². The van der Waals surface area contributed by atoms with Crippen molar-refractivity contribution in [1.29, 1.82) is 0 Å². The van der Waals surface area contributed by atoms with E-state index < -0.39 is 6.04 Å². The first-order chi connectivity index (χ1) is 12.1. The van der Waals surface area contributed by atoms with Crippen LogP contribution in [-0.4, -0.2) is 29.3 Å². The normalized spacial score (nSPS) is 14.7. The minimum Gasteiger partial charge on any atom is -0.340 e. The number of hydrogen-bond donors (Lipinski definition) is 1. The maximum atomic E-state index is 13.0. The SMILES string of the molecule is CCCC(NC(=O)c1ccc(C)cc1)C(=O)N1CCc2sccc2C1. The number of carbonyl (C=O) groups excluding carboxylic acids is 2. The molecule has 0 saturated heterocycles. The molecule has 1 atom stereocenters. The van der Waals surface area contributed by atoms with Gasteiger partial charge in [-0.2, -0.15) is 0 Å². The van der Waals surface area contributed by atoms with Gasteiger partial charge >= 0.3 is 0 Å². The number of nitrogens with zero attached hydrogens (tertiary/aromatic N) is 1. The first kappa shape index (κ1) is 17.7. The quantitative estimate of drug-likeness (QED) is 0.891. The fourth-order valence-corrected chi connectivity index (χ4v) is 4.04. The van der Waals surface area contributed by atoms with E-state index >= 15 is 0 Å². The monoisotopic (exact) mass is 356 g/mol. The van der Waals surface area contributed by atoms with Crippen LogP contribution in [0.25, 0.3) is 0 Å². The van der Waals surface area contributed by atoms with E-state index in [9.17, 15) is 9.59 Å². The third-order valence-corrected chi connectivity index (χ3v) is 5.64. The minimum atomic E-state index is -0.459. The molecule has 4 nitrogen and oxygen atoms in total. The highest BCUT2D eigenvalue weighted by Gasteiger charge is 2.28. The summed E-state index contributed by atoms with van der Waals surface area (Å²) in [5.41, 5.74) is 2.94. The Hall–Kier alpha value is -2.14. The molecule has 0 saturated carbocycles. The van der Waals surface area contributed by atoms with Crippen molar-refractivity contribution in [2.24, 2.45) is 0 Å². The topological polar surface area (TPSA) is 49.4 Å². The smallest absolute Gasteiger partial charge is 0.251 e. The van der Waals surface area contributed by atoms with Crippen molar-refractivity contribution < 1.29 is 9.59 Å². The van der Waals surface area contributed by atoms with Crippen molar-refractivity contribution in [3.63, 3.8) is 0 Å². The number of nitrogens with one attached hydrogen (secondary N) is 1. The predicted molar refractivity (Wildman–Crippen MR) is 101 cm³/mol. The number of hydrogen-bond acceptors (Lipinski definition) is 3. The van der Waals surface area contributed by atoms with Crippen LogP contribution in [0.2, 0.25) is 0 Å². The Morgan fingerprint density at radius 3 is 2.72 bits per heavy atom. The summed E-state index contributed by atoms with van der Waals surface area (Å²) in [6, 6.07) is 9.06. The Balaban J connectivity index is 1.69. The zero-order valence-electron chi connectivity index (χ0n) is 14.7. The molecule has 0 aliphatic carbocycles. The summed E-state index contributed by atoms with van der Waals surface area (Å²) in [7, 11) is 0. The van der Waals surface area contributed by atoms with Gasteiger partial charge in [0.25, 0.3) is 5.91 Å². The van der Waals surface area contributed by atoms with E-state index in [2.05, 4.69) is 16.8 Å². The number of carbonyl (C=O) groups is 2. The summed E-state index contributed by atoms with van der Waals surface area (Å²) in [6.07, 6.45) is 2.41. The molecule has 1 aromatic heterocycles. The molecule has 2 heterocycles. The van der Waals surface area contributed by atoms with Crippen LogP contribution in [-0.2, 0) is 17.8 Å². The Bertz CT molecular complexity index is 751. The van der Waals surface area contributed by atoms with Crippen molar-refractivity contribution in [2.45, 2.75) is 45.7 Å². The van der Waals surface area contributed by atoms with Gasteiger partial charge in [0, 0.05) is 23.5 Å². The standard InChI is InChI=1S/C20H24N2O2S/c1-3-4-17(21-19(23)15-7-5-14(2)6-8-15)20(24)22-11-9-18-16(13-22)10-12-25-18/h5-8,10,12,17H,3-4,9,11,13H2,1-2H3,(H,21,23). The third-order valence-electron chi connectivity index (χ3n) is 4.61. The zero-order chi connectivity index (χ0) is 17.8. The Morgan fingerprint density at radius 2 is 2.00 bits per heavy atom. The van der Waals surface area contributed by atoms with E-state index in [0.717, 1.165) is 24.9 Å². The zero-order valence-corrected chi connectivity index (χ0v) is 15.6. The minimum absolute atomic E-state index is 0.0270. The van der Waals surface area contributed by atoms with E-state index in [4.69, 9.17) is 0 Å². The van der Waals surface area contributed by atoms with Crippen LogP contribution in [0.5, 0.6) is 0 Å². The fourth-order valence-electron chi connectivity index (χ4n) is 3.15. The lowest BCUT2D eigenvalue weighted by molar-refractivity contribution is -0.134. The Morgan fingerprint density at radius 1 is 1.24 bits per heavy atom. The van der Waals surface area contributed by atoms with E-state index in [-0.39, 0.29) is 11.8 Å². The maximum Gasteiger partial charge on any atom is 0.251 e. The second-order valence-corrected chi connectivity index (χ2v) is 7.56. The molecule has 1 aromatic carbocycles. The lowest BCUT2D eigenvalue weighted by atomic mass is 10.1. The summed E-state index contributed by atoms with van der Waals surface area (Å²) in [6.45, 7) is 5.40. The molecule has 2 amide bonds. The second-order valence-electron chi connectivity index (χ2n) is 6.56. The van der Waals surface area contributed by atoms with Crippen molar-refractivity contribution in [3.05, 3.63) is 57.3 Å². The van der Waals surface area contributed by atoms with Gasteiger partial charge in [0.05, 0.1) is 0 Å². The molecule has 1 unspecified atom stereocenters. The molecule has 1 aliphatic rings. The highest BCUT2D eigenvalue weighted by atomic mass is 32.1. The van der Waals surface area contributed by atoms with Gasteiger partial charge in [-0.3, -0.25) is 9.59 Å². The third kappa shape index (κ3) is 4.10. The van der Waals surface area contributed by atoms with Crippen LogP contribution in [0.3, 0.4) is 0 Å². The molecule has 0 radical (unpaired) electrons. The molecular formula is C20H24N2O2S. The Labute approximate surface area is 152 Å². The van der Waals surface area contributed by atoms with Gasteiger partial charge in [-0.05, 0) is 48.9 Å². The number of rotatable bonds is 5. The molecule has 0 fully saturated rings. The average Bonchev–Trinajstić information content (AvgIpc) is 3.09. The van der Waals surface area contributed by atoms with Gasteiger partial charge in [-0.1, -0.05) is 31.0 Å². The number of benzene rings is 1. The maximum absolute atomic E-state index is 13.0. The largest absolute Gasteiger partial charge is 0.340 e. The molecule has 1 aliphatic heterocycles. The van der Waals surface area contributed by atoms with Gasteiger partial charge < -0.3 is 10.2 Å². The van der Waals surface area contributed by atoms with Gasteiger partial charge in [0.1, 0.15) is 6.04 Å². The van der Waals surface area contributed by atoms with Crippen molar-refractivity contribution >= 4 is 23.2 Å². The van der Waals surface area contributed by atoms with Gasteiger partial charge in [0.2, 0.25) is 5.91 Å². The van der Waals surface area contributed by atoms with Crippen LogP contribution >= 0.6 is 11.3 Å². The van der Waals surface area contributed by atoms with Crippen LogP contribution in [0.15, 0.2) is 35.7 Å².